The molecule has 7 heteroatoms. The predicted molar refractivity (Wildman–Crippen MR) is 87.5 cm³/mol. The number of hydrogen-bond donors (Lipinski definition) is 1. The molecule has 1 aliphatic heterocycles. The van der Waals surface area contributed by atoms with Crippen LogP contribution in [0.5, 0.6) is 0 Å². The third-order valence-electron chi connectivity index (χ3n) is 3.32. The Balaban J connectivity index is 1.77. The first-order chi connectivity index (χ1) is 10.7. The third kappa shape index (κ3) is 3.61. The van der Waals surface area contributed by atoms with E-state index < -0.39 is 0 Å². The molecule has 2 aromatic rings. The molecule has 0 spiro atoms. The van der Waals surface area contributed by atoms with Gasteiger partial charge in [0.2, 0.25) is 5.13 Å². The Kier molecular flexibility index (Phi) is 4.65. The van der Waals surface area contributed by atoms with Crippen molar-refractivity contribution in [3.63, 3.8) is 0 Å². The summed E-state index contributed by atoms with van der Waals surface area (Å²) >= 11 is 1.48. The molecule has 116 valence electrons. The van der Waals surface area contributed by atoms with E-state index in [2.05, 4.69) is 20.4 Å². The summed E-state index contributed by atoms with van der Waals surface area (Å²) in [5.74, 6) is -0.274. The van der Waals surface area contributed by atoms with Crippen LogP contribution in [0.2, 0.25) is 0 Å². The number of nitrogens with zero attached hydrogens (tertiary/aromatic N) is 3. The minimum Gasteiger partial charge on any atom is -0.378 e. The molecule has 0 unspecified atom stereocenters. The van der Waals surface area contributed by atoms with E-state index in [-0.39, 0.29) is 5.82 Å². The monoisotopic (exact) mass is 320 g/mol. The van der Waals surface area contributed by atoms with Crippen molar-refractivity contribution >= 4 is 28.4 Å². The summed E-state index contributed by atoms with van der Waals surface area (Å²) in [6.45, 7) is 4.89. The summed E-state index contributed by atoms with van der Waals surface area (Å²) < 4.78 is 18.9. The molecule has 3 rings (SSSR count). The Labute approximate surface area is 132 Å². The van der Waals surface area contributed by atoms with Gasteiger partial charge in [-0.05, 0) is 25.1 Å². The van der Waals surface area contributed by atoms with Crippen LogP contribution in [0.1, 0.15) is 11.3 Å². The SMILES string of the molecule is Cc1csc(NN=Cc2cc(F)ccc2N2CCOCC2)n1. The maximum Gasteiger partial charge on any atom is 0.203 e. The van der Waals surface area contributed by atoms with Crippen LogP contribution < -0.4 is 10.3 Å². The van der Waals surface area contributed by atoms with Crippen molar-refractivity contribution in [1.29, 1.82) is 0 Å². The van der Waals surface area contributed by atoms with Crippen molar-refractivity contribution < 1.29 is 9.13 Å². The number of thiazole rings is 1. The number of aryl methyl sites for hydroxylation is 1. The van der Waals surface area contributed by atoms with Crippen LogP contribution in [0.3, 0.4) is 0 Å². The molecule has 0 radical (unpaired) electrons. The quantitative estimate of drug-likeness (QED) is 0.695. The maximum absolute atomic E-state index is 13.5. The number of nitrogens with one attached hydrogen (secondary N) is 1. The van der Waals surface area contributed by atoms with E-state index in [1.54, 1.807) is 12.3 Å². The molecule has 0 saturated carbocycles. The van der Waals surface area contributed by atoms with Gasteiger partial charge in [-0.15, -0.1) is 11.3 Å². The van der Waals surface area contributed by atoms with Crippen molar-refractivity contribution in [3.05, 3.63) is 40.7 Å². The van der Waals surface area contributed by atoms with Crippen LogP contribution in [-0.4, -0.2) is 37.5 Å². The standard InChI is InChI=1S/C15H17FN4OS/c1-11-10-22-15(18-11)19-17-9-12-8-13(16)2-3-14(12)20-4-6-21-7-5-20/h2-3,8-10H,4-7H2,1H3,(H,18,19). The summed E-state index contributed by atoms with van der Waals surface area (Å²) in [5, 5.41) is 6.83. The zero-order valence-electron chi connectivity index (χ0n) is 12.3. The zero-order valence-corrected chi connectivity index (χ0v) is 13.1. The molecule has 0 atom stereocenters. The summed E-state index contributed by atoms with van der Waals surface area (Å²) in [6, 6.07) is 4.75. The van der Waals surface area contributed by atoms with E-state index in [0.29, 0.717) is 13.2 Å². The Hall–Kier alpha value is -1.99. The lowest BCUT2D eigenvalue weighted by molar-refractivity contribution is 0.122. The van der Waals surface area contributed by atoms with Crippen LogP contribution in [0.25, 0.3) is 0 Å². The van der Waals surface area contributed by atoms with Gasteiger partial charge in [0, 0.05) is 29.7 Å². The summed E-state index contributed by atoms with van der Waals surface area (Å²) in [7, 11) is 0. The first kappa shape index (κ1) is 14.9. The predicted octanol–water partition coefficient (Wildman–Crippen LogP) is 2.87. The lowest BCUT2D eigenvalue weighted by Crippen LogP contribution is -2.36. The average Bonchev–Trinajstić information content (AvgIpc) is 2.94. The highest BCUT2D eigenvalue weighted by atomic mass is 32.1. The largest absolute Gasteiger partial charge is 0.378 e. The molecule has 5 nitrogen and oxygen atoms in total. The number of halogens is 1. The fraction of sp³-hybridized carbons (Fsp3) is 0.333. The second-order valence-electron chi connectivity index (χ2n) is 4.97. The number of benzene rings is 1. The van der Waals surface area contributed by atoms with Gasteiger partial charge in [0.05, 0.1) is 25.1 Å². The van der Waals surface area contributed by atoms with Gasteiger partial charge < -0.3 is 9.64 Å². The molecule has 1 fully saturated rings. The summed E-state index contributed by atoms with van der Waals surface area (Å²) in [6.07, 6.45) is 1.63. The van der Waals surface area contributed by atoms with Crippen LogP contribution in [0.15, 0.2) is 28.7 Å². The smallest absolute Gasteiger partial charge is 0.203 e. The number of hydrazone groups is 1. The number of rotatable bonds is 4. The van der Waals surface area contributed by atoms with Crippen molar-refractivity contribution in [2.24, 2.45) is 5.10 Å². The number of hydrogen-bond acceptors (Lipinski definition) is 6. The normalized spacial score (nSPS) is 15.5. The van der Waals surface area contributed by atoms with E-state index in [4.69, 9.17) is 4.74 Å². The Morgan fingerprint density at radius 1 is 1.41 bits per heavy atom. The summed E-state index contributed by atoms with van der Waals surface area (Å²) in [4.78, 5) is 6.44. The van der Waals surface area contributed by atoms with Crippen molar-refractivity contribution in [3.8, 4) is 0 Å². The lowest BCUT2D eigenvalue weighted by Gasteiger charge is -2.30. The van der Waals surface area contributed by atoms with E-state index in [9.17, 15) is 4.39 Å². The maximum atomic E-state index is 13.5. The Bertz CT molecular complexity index is 667. The van der Waals surface area contributed by atoms with Gasteiger partial charge in [-0.1, -0.05) is 0 Å². The van der Waals surface area contributed by atoms with Crippen molar-refractivity contribution in [2.45, 2.75) is 6.92 Å². The first-order valence-corrected chi connectivity index (χ1v) is 7.94. The molecule has 1 saturated heterocycles. The Morgan fingerprint density at radius 3 is 2.95 bits per heavy atom. The van der Waals surface area contributed by atoms with E-state index >= 15 is 0 Å². The fourth-order valence-electron chi connectivity index (χ4n) is 2.28. The fourth-order valence-corrected chi connectivity index (χ4v) is 2.92. The number of aromatic nitrogens is 1. The van der Waals surface area contributed by atoms with Crippen molar-refractivity contribution in [2.75, 3.05) is 36.6 Å². The molecule has 0 amide bonds. The molecule has 1 aromatic heterocycles. The minimum absolute atomic E-state index is 0.274. The average molecular weight is 320 g/mol. The number of anilines is 2. The first-order valence-electron chi connectivity index (χ1n) is 7.06. The van der Waals surface area contributed by atoms with E-state index in [0.717, 1.165) is 35.2 Å². The van der Waals surface area contributed by atoms with Gasteiger partial charge in [0.1, 0.15) is 5.82 Å². The van der Waals surface area contributed by atoms with Gasteiger partial charge in [0.25, 0.3) is 0 Å². The highest BCUT2D eigenvalue weighted by molar-refractivity contribution is 7.13. The highest BCUT2D eigenvalue weighted by Gasteiger charge is 2.14. The second kappa shape index (κ2) is 6.85. The van der Waals surface area contributed by atoms with Gasteiger partial charge in [-0.3, -0.25) is 5.43 Å². The third-order valence-corrected chi connectivity index (χ3v) is 4.19. The molecule has 1 N–H and O–H groups in total. The zero-order chi connectivity index (χ0) is 15.4. The number of morpholine rings is 1. The van der Waals surface area contributed by atoms with Gasteiger partial charge in [0.15, 0.2) is 0 Å². The molecule has 2 heterocycles. The van der Waals surface area contributed by atoms with Gasteiger partial charge >= 0.3 is 0 Å². The van der Waals surface area contributed by atoms with Crippen LogP contribution in [-0.2, 0) is 4.74 Å². The van der Waals surface area contributed by atoms with E-state index in [1.807, 2.05) is 12.3 Å². The molecular formula is C15H17FN4OS. The van der Waals surface area contributed by atoms with Crippen LogP contribution in [0, 0.1) is 12.7 Å². The molecule has 22 heavy (non-hydrogen) atoms. The lowest BCUT2D eigenvalue weighted by atomic mass is 10.1. The van der Waals surface area contributed by atoms with Crippen LogP contribution in [0.4, 0.5) is 15.2 Å². The molecule has 1 aromatic carbocycles. The second-order valence-corrected chi connectivity index (χ2v) is 5.82. The van der Waals surface area contributed by atoms with E-state index in [1.165, 1.54) is 23.5 Å². The Morgan fingerprint density at radius 2 is 2.23 bits per heavy atom. The minimum atomic E-state index is -0.274. The van der Waals surface area contributed by atoms with Gasteiger partial charge in [-0.25, -0.2) is 9.37 Å². The topological polar surface area (TPSA) is 49.8 Å². The summed E-state index contributed by atoms with van der Waals surface area (Å²) in [5.41, 5.74) is 5.52. The van der Waals surface area contributed by atoms with Gasteiger partial charge in [-0.2, -0.15) is 5.10 Å². The van der Waals surface area contributed by atoms with Crippen LogP contribution >= 0.6 is 11.3 Å². The molecule has 0 bridgehead atoms. The van der Waals surface area contributed by atoms with Crippen molar-refractivity contribution in [1.82, 2.24) is 4.98 Å². The highest BCUT2D eigenvalue weighted by Crippen LogP contribution is 2.22. The number of ether oxygens (including phenoxy) is 1. The molecule has 0 aliphatic carbocycles. The molecular weight excluding hydrogens is 303 g/mol. The molecule has 1 aliphatic rings.